The summed E-state index contributed by atoms with van der Waals surface area (Å²) < 4.78 is 1.84. The molecule has 2 rings (SSSR count). The molecule has 0 radical (unpaired) electrons. The quantitative estimate of drug-likeness (QED) is 0.895. The Kier molecular flexibility index (Phi) is 3.59. The Morgan fingerprint density at radius 3 is 2.78 bits per heavy atom. The van der Waals surface area contributed by atoms with Crippen molar-refractivity contribution in [3.8, 4) is 0 Å². The van der Waals surface area contributed by atoms with Crippen molar-refractivity contribution >= 4 is 28.5 Å². The van der Waals surface area contributed by atoms with Crippen LogP contribution in [-0.2, 0) is 6.54 Å². The molecular formula is C13H14ClNO3. The van der Waals surface area contributed by atoms with Crippen LogP contribution in [0, 0.1) is 6.92 Å². The molecule has 1 aromatic carbocycles. The second-order valence-electron chi connectivity index (χ2n) is 4.19. The number of aryl methyl sites for hydroxylation is 2. The van der Waals surface area contributed by atoms with Gasteiger partial charge < -0.3 is 14.8 Å². The van der Waals surface area contributed by atoms with Crippen LogP contribution in [0.3, 0.4) is 0 Å². The standard InChI is InChI=1S/C13H14ClNO3/c1-8-11(14)4-3-9-10(13(17)18)7-15(12(8)9)5-2-6-16/h3-4,7,16H,2,5-6H2,1H3,(H,17,18). The molecule has 5 heteroatoms. The fourth-order valence-corrected chi connectivity index (χ4v) is 2.29. The van der Waals surface area contributed by atoms with Gasteiger partial charge in [-0.15, -0.1) is 0 Å². The van der Waals surface area contributed by atoms with Gasteiger partial charge in [-0.25, -0.2) is 4.79 Å². The molecule has 1 heterocycles. The SMILES string of the molecule is Cc1c(Cl)ccc2c(C(=O)O)cn(CCCO)c12. The lowest BCUT2D eigenvalue weighted by atomic mass is 10.1. The molecule has 2 N–H and O–H groups in total. The molecule has 0 unspecified atom stereocenters. The summed E-state index contributed by atoms with van der Waals surface area (Å²) in [6.07, 6.45) is 2.18. The van der Waals surface area contributed by atoms with Gasteiger partial charge in [-0.3, -0.25) is 0 Å². The number of aliphatic hydroxyl groups is 1. The summed E-state index contributed by atoms with van der Waals surface area (Å²) in [7, 11) is 0. The number of halogens is 1. The first-order chi connectivity index (χ1) is 8.56. The van der Waals surface area contributed by atoms with Crippen molar-refractivity contribution in [1.82, 2.24) is 4.57 Å². The first-order valence-corrected chi connectivity index (χ1v) is 6.06. The Morgan fingerprint density at radius 2 is 2.17 bits per heavy atom. The van der Waals surface area contributed by atoms with Gasteiger partial charge in [0.05, 0.1) is 11.1 Å². The highest BCUT2D eigenvalue weighted by Crippen LogP contribution is 2.29. The van der Waals surface area contributed by atoms with Gasteiger partial charge in [-0.1, -0.05) is 17.7 Å². The van der Waals surface area contributed by atoms with Crippen molar-refractivity contribution in [3.05, 3.63) is 34.5 Å². The second kappa shape index (κ2) is 5.00. The summed E-state index contributed by atoms with van der Waals surface area (Å²) in [6.45, 7) is 2.51. The minimum Gasteiger partial charge on any atom is -0.478 e. The average molecular weight is 268 g/mol. The van der Waals surface area contributed by atoms with Crippen molar-refractivity contribution < 1.29 is 15.0 Å². The molecule has 0 atom stereocenters. The van der Waals surface area contributed by atoms with E-state index in [0.29, 0.717) is 23.4 Å². The van der Waals surface area contributed by atoms with Crippen LogP contribution in [0.5, 0.6) is 0 Å². The first kappa shape index (κ1) is 12.9. The minimum absolute atomic E-state index is 0.0711. The number of carboxylic acid groups (broad SMARTS) is 1. The van der Waals surface area contributed by atoms with Crippen LogP contribution >= 0.6 is 11.6 Å². The Bertz CT molecular complexity index is 604. The molecule has 2 aromatic rings. The Morgan fingerprint density at radius 1 is 1.44 bits per heavy atom. The van der Waals surface area contributed by atoms with Crippen LogP contribution in [0.25, 0.3) is 10.9 Å². The lowest BCUT2D eigenvalue weighted by Gasteiger charge is -2.07. The minimum atomic E-state index is -0.954. The van der Waals surface area contributed by atoms with Gasteiger partial charge in [0.25, 0.3) is 0 Å². The highest BCUT2D eigenvalue weighted by molar-refractivity contribution is 6.32. The number of nitrogens with zero attached hydrogens (tertiary/aromatic N) is 1. The zero-order valence-electron chi connectivity index (χ0n) is 9.98. The van der Waals surface area contributed by atoms with E-state index in [4.69, 9.17) is 16.7 Å². The zero-order valence-corrected chi connectivity index (χ0v) is 10.7. The van der Waals surface area contributed by atoms with Crippen LogP contribution in [0.15, 0.2) is 18.3 Å². The van der Waals surface area contributed by atoms with Gasteiger partial charge in [0.15, 0.2) is 0 Å². The van der Waals surface area contributed by atoms with Crippen LogP contribution in [0.1, 0.15) is 22.3 Å². The van der Waals surface area contributed by atoms with E-state index >= 15 is 0 Å². The number of hydrogen-bond acceptors (Lipinski definition) is 2. The van der Waals surface area contributed by atoms with Gasteiger partial charge in [0.2, 0.25) is 0 Å². The highest BCUT2D eigenvalue weighted by atomic mass is 35.5. The zero-order chi connectivity index (χ0) is 13.3. The summed E-state index contributed by atoms with van der Waals surface area (Å²) in [4.78, 5) is 11.2. The number of fused-ring (bicyclic) bond motifs is 1. The number of aliphatic hydroxyl groups excluding tert-OH is 1. The molecular weight excluding hydrogens is 254 g/mol. The molecule has 0 bridgehead atoms. The molecule has 96 valence electrons. The number of aromatic nitrogens is 1. The van der Waals surface area contributed by atoms with E-state index in [0.717, 1.165) is 11.1 Å². The fourth-order valence-electron chi connectivity index (χ4n) is 2.14. The predicted molar refractivity (Wildman–Crippen MR) is 70.3 cm³/mol. The van der Waals surface area contributed by atoms with Gasteiger partial charge in [0.1, 0.15) is 0 Å². The van der Waals surface area contributed by atoms with Crippen LogP contribution in [0.4, 0.5) is 0 Å². The summed E-state index contributed by atoms with van der Waals surface area (Å²) in [5, 5.41) is 19.4. The van der Waals surface area contributed by atoms with Crippen LogP contribution in [0.2, 0.25) is 5.02 Å². The molecule has 0 saturated heterocycles. The molecule has 0 saturated carbocycles. The van der Waals surface area contributed by atoms with E-state index in [1.165, 1.54) is 0 Å². The van der Waals surface area contributed by atoms with E-state index in [-0.39, 0.29) is 12.2 Å². The van der Waals surface area contributed by atoms with Crippen molar-refractivity contribution in [3.63, 3.8) is 0 Å². The molecule has 0 aliphatic carbocycles. The second-order valence-corrected chi connectivity index (χ2v) is 4.59. The number of carboxylic acids is 1. The Balaban J connectivity index is 2.69. The fraction of sp³-hybridized carbons (Fsp3) is 0.308. The summed E-state index contributed by atoms with van der Waals surface area (Å²) in [5.74, 6) is -0.954. The highest BCUT2D eigenvalue weighted by Gasteiger charge is 2.16. The molecule has 4 nitrogen and oxygen atoms in total. The van der Waals surface area contributed by atoms with Crippen molar-refractivity contribution in [2.45, 2.75) is 19.9 Å². The third kappa shape index (κ3) is 2.09. The van der Waals surface area contributed by atoms with Crippen LogP contribution < -0.4 is 0 Å². The van der Waals surface area contributed by atoms with Gasteiger partial charge in [-0.2, -0.15) is 0 Å². The molecule has 0 fully saturated rings. The smallest absolute Gasteiger partial charge is 0.337 e. The normalized spacial score (nSPS) is 11.1. The monoisotopic (exact) mass is 267 g/mol. The Labute approximate surface area is 109 Å². The topological polar surface area (TPSA) is 62.5 Å². The molecule has 1 aromatic heterocycles. The van der Waals surface area contributed by atoms with Gasteiger partial charge >= 0.3 is 5.97 Å². The maximum Gasteiger partial charge on any atom is 0.337 e. The van der Waals surface area contributed by atoms with Crippen LogP contribution in [-0.4, -0.2) is 27.4 Å². The number of hydrogen-bond donors (Lipinski definition) is 2. The molecule has 0 spiro atoms. The van der Waals surface area contributed by atoms with Crippen molar-refractivity contribution in [2.75, 3.05) is 6.61 Å². The number of benzene rings is 1. The van der Waals surface area contributed by atoms with E-state index < -0.39 is 5.97 Å². The van der Waals surface area contributed by atoms with E-state index in [2.05, 4.69) is 0 Å². The first-order valence-electron chi connectivity index (χ1n) is 5.68. The van der Waals surface area contributed by atoms with E-state index in [1.54, 1.807) is 18.3 Å². The summed E-state index contributed by atoms with van der Waals surface area (Å²) >= 11 is 6.07. The number of aromatic carboxylic acids is 1. The summed E-state index contributed by atoms with van der Waals surface area (Å²) in [5.41, 5.74) is 1.95. The number of carbonyl (C=O) groups is 1. The Hall–Kier alpha value is -1.52. The lowest BCUT2D eigenvalue weighted by Crippen LogP contribution is -2.00. The number of rotatable bonds is 4. The largest absolute Gasteiger partial charge is 0.478 e. The predicted octanol–water partition coefficient (Wildman–Crippen LogP) is 2.68. The third-order valence-electron chi connectivity index (χ3n) is 3.01. The van der Waals surface area contributed by atoms with E-state index in [9.17, 15) is 9.90 Å². The van der Waals surface area contributed by atoms with Gasteiger partial charge in [0, 0.05) is 29.8 Å². The molecule has 18 heavy (non-hydrogen) atoms. The molecule has 0 amide bonds. The molecule has 0 aliphatic heterocycles. The van der Waals surface area contributed by atoms with Crippen molar-refractivity contribution in [1.29, 1.82) is 0 Å². The average Bonchev–Trinajstić information content (AvgIpc) is 2.71. The maximum atomic E-state index is 11.2. The maximum absolute atomic E-state index is 11.2. The van der Waals surface area contributed by atoms with Crippen molar-refractivity contribution in [2.24, 2.45) is 0 Å². The van der Waals surface area contributed by atoms with Gasteiger partial charge in [-0.05, 0) is 25.0 Å². The summed E-state index contributed by atoms with van der Waals surface area (Å²) in [6, 6.07) is 3.44. The molecule has 0 aliphatic rings. The third-order valence-corrected chi connectivity index (χ3v) is 3.42. The van der Waals surface area contributed by atoms with E-state index in [1.807, 2.05) is 11.5 Å². The lowest BCUT2D eigenvalue weighted by molar-refractivity contribution is 0.0699.